The Morgan fingerprint density at radius 2 is 1.66 bits per heavy atom. The average molecular weight is 437 g/mol. The second-order valence-corrected chi connectivity index (χ2v) is 7.50. The zero-order valence-electron chi connectivity index (χ0n) is 18.5. The van der Waals surface area contributed by atoms with Crippen LogP contribution in [0.4, 0.5) is 5.69 Å². The molecule has 32 heavy (non-hydrogen) atoms. The van der Waals surface area contributed by atoms with Crippen LogP contribution >= 0.6 is 0 Å². The van der Waals surface area contributed by atoms with Gasteiger partial charge in [-0.1, -0.05) is 6.07 Å². The number of anilines is 1. The third-order valence-electron chi connectivity index (χ3n) is 5.06. The molecule has 8 nitrogen and oxygen atoms in total. The fourth-order valence-electron chi connectivity index (χ4n) is 3.27. The van der Waals surface area contributed by atoms with E-state index in [4.69, 9.17) is 9.47 Å². The number of likely N-dealkylation sites (N-methyl/N-ethyl adjacent to an activating group) is 1. The molecular weight excluding hydrogens is 410 g/mol. The first kappa shape index (κ1) is 23.0. The summed E-state index contributed by atoms with van der Waals surface area (Å²) >= 11 is 0. The number of rotatable bonds is 6. The van der Waals surface area contributed by atoms with Gasteiger partial charge in [-0.05, 0) is 55.1 Å². The van der Waals surface area contributed by atoms with E-state index in [1.165, 1.54) is 20.1 Å². The molecule has 1 fully saturated rings. The van der Waals surface area contributed by atoms with Crippen LogP contribution in [0.25, 0.3) is 6.08 Å². The van der Waals surface area contributed by atoms with Gasteiger partial charge in [0.2, 0.25) is 5.91 Å². The summed E-state index contributed by atoms with van der Waals surface area (Å²) in [7, 11) is 3.52. The molecule has 0 aromatic heterocycles. The molecule has 2 aromatic carbocycles. The van der Waals surface area contributed by atoms with Crippen LogP contribution in [0.3, 0.4) is 0 Å². The van der Waals surface area contributed by atoms with Gasteiger partial charge in [0.05, 0.1) is 7.11 Å². The van der Waals surface area contributed by atoms with E-state index in [0.717, 1.165) is 13.1 Å². The number of hydrogen-bond donors (Lipinski definition) is 1. The zero-order valence-corrected chi connectivity index (χ0v) is 18.5. The molecule has 0 aliphatic carbocycles. The lowest BCUT2D eigenvalue weighted by molar-refractivity contribution is -0.132. The van der Waals surface area contributed by atoms with Crippen LogP contribution in [0, 0.1) is 0 Å². The number of ether oxygens (including phenoxy) is 2. The van der Waals surface area contributed by atoms with E-state index < -0.39 is 5.97 Å². The lowest BCUT2D eigenvalue weighted by Crippen LogP contribution is -2.47. The molecule has 1 saturated heterocycles. The zero-order chi connectivity index (χ0) is 23.1. The lowest BCUT2D eigenvalue weighted by atomic mass is 10.1. The molecule has 1 aliphatic rings. The number of hydrogen-bond acceptors (Lipinski definition) is 6. The molecule has 3 rings (SSSR count). The highest BCUT2D eigenvalue weighted by Crippen LogP contribution is 2.28. The Balaban J connectivity index is 1.58. The second-order valence-electron chi connectivity index (χ2n) is 7.50. The monoisotopic (exact) mass is 437 g/mol. The second kappa shape index (κ2) is 10.6. The molecule has 2 amide bonds. The normalized spacial score (nSPS) is 14.3. The highest BCUT2D eigenvalue weighted by atomic mass is 16.6. The van der Waals surface area contributed by atoms with Crippen LogP contribution in [0.5, 0.6) is 11.5 Å². The predicted molar refractivity (Wildman–Crippen MR) is 122 cm³/mol. The van der Waals surface area contributed by atoms with Gasteiger partial charge in [0.1, 0.15) is 0 Å². The van der Waals surface area contributed by atoms with Crippen LogP contribution < -0.4 is 14.8 Å². The first-order valence-corrected chi connectivity index (χ1v) is 10.3. The van der Waals surface area contributed by atoms with Crippen molar-refractivity contribution in [1.29, 1.82) is 0 Å². The molecule has 1 N–H and O–H groups in total. The van der Waals surface area contributed by atoms with E-state index in [1.807, 2.05) is 11.9 Å². The maximum absolute atomic E-state index is 12.6. The maximum atomic E-state index is 12.6. The van der Waals surface area contributed by atoms with Crippen LogP contribution in [0.15, 0.2) is 48.5 Å². The Labute approximate surface area is 187 Å². The number of methoxy groups -OCH3 is 1. The van der Waals surface area contributed by atoms with Crippen molar-refractivity contribution in [3.63, 3.8) is 0 Å². The number of nitrogens with zero attached hydrogens (tertiary/aromatic N) is 2. The van der Waals surface area contributed by atoms with Crippen molar-refractivity contribution in [1.82, 2.24) is 9.80 Å². The van der Waals surface area contributed by atoms with Gasteiger partial charge in [-0.3, -0.25) is 14.4 Å². The van der Waals surface area contributed by atoms with Crippen LogP contribution in [0.2, 0.25) is 0 Å². The first-order valence-electron chi connectivity index (χ1n) is 10.3. The first-order chi connectivity index (χ1) is 15.4. The summed E-state index contributed by atoms with van der Waals surface area (Å²) in [5, 5.41) is 2.77. The number of piperazine rings is 1. The van der Waals surface area contributed by atoms with Gasteiger partial charge in [-0.2, -0.15) is 0 Å². The van der Waals surface area contributed by atoms with Gasteiger partial charge < -0.3 is 24.6 Å². The summed E-state index contributed by atoms with van der Waals surface area (Å²) in [5.74, 6) is -0.0495. The smallest absolute Gasteiger partial charge is 0.308 e. The minimum atomic E-state index is -0.442. The number of benzene rings is 2. The van der Waals surface area contributed by atoms with Crippen molar-refractivity contribution in [2.75, 3.05) is 45.7 Å². The van der Waals surface area contributed by atoms with Crippen molar-refractivity contribution >= 4 is 29.5 Å². The summed E-state index contributed by atoms with van der Waals surface area (Å²) in [6, 6.07) is 11.9. The van der Waals surface area contributed by atoms with E-state index in [2.05, 4.69) is 10.2 Å². The highest BCUT2D eigenvalue weighted by Gasteiger charge is 2.20. The van der Waals surface area contributed by atoms with E-state index in [0.29, 0.717) is 41.4 Å². The Hall–Kier alpha value is -3.65. The average Bonchev–Trinajstić information content (AvgIpc) is 2.78. The summed E-state index contributed by atoms with van der Waals surface area (Å²) in [4.78, 5) is 40.1. The van der Waals surface area contributed by atoms with E-state index in [9.17, 15) is 14.4 Å². The minimum Gasteiger partial charge on any atom is -0.493 e. The largest absolute Gasteiger partial charge is 0.493 e. The third-order valence-corrected chi connectivity index (χ3v) is 5.06. The fourth-order valence-corrected chi connectivity index (χ4v) is 3.27. The molecule has 1 aliphatic heterocycles. The molecule has 168 valence electrons. The Morgan fingerprint density at radius 1 is 0.969 bits per heavy atom. The van der Waals surface area contributed by atoms with Gasteiger partial charge in [-0.25, -0.2) is 0 Å². The molecule has 0 bridgehead atoms. The number of nitrogens with one attached hydrogen (secondary N) is 1. The van der Waals surface area contributed by atoms with Gasteiger partial charge >= 0.3 is 5.97 Å². The quantitative estimate of drug-likeness (QED) is 0.425. The molecule has 0 unspecified atom stereocenters. The SMILES string of the molecule is COc1cc(/C=C/C(=O)Nc2ccc(C(=O)N3CCN(C)CC3)cc2)ccc1OC(C)=O. The third kappa shape index (κ3) is 6.18. The van der Waals surface area contributed by atoms with Gasteiger partial charge in [0, 0.05) is 50.4 Å². The molecule has 0 atom stereocenters. The number of carbonyl (C=O) groups is 3. The maximum Gasteiger partial charge on any atom is 0.308 e. The van der Waals surface area contributed by atoms with E-state index >= 15 is 0 Å². The Kier molecular flexibility index (Phi) is 7.62. The van der Waals surface area contributed by atoms with Crippen molar-refractivity contribution in [3.05, 3.63) is 59.7 Å². The summed E-state index contributed by atoms with van der Waals surface area (Å²) in [6.07, 6.45) is 3.02. The fraction of sp³-hybridized carbons (Fsp3) is 0.292. The molecule has 0 saturated carbocycles. The molecule has 0 spiro atoms. The summed E-state index contributed by atoms with van der Waals surface area (Å²) in [6.45, 7) is 4.47. The Morgan fingerprint density at radius 3 is 2.28 bits per heavy atom. The molecule has 0 radical (unpaired) electrons. The summed E-state index contributed by atoms with van der Waals surface area (Å²) < 4.78 is 10.3. The molecule has 1 heterocycles. The van der Waals surface area contributed by atoms with E-state index in [1.54, 1.807) is 48.5 Å². The number of amides is 2. The van der Waals surface area contributed by atoms with Crippen LogP contribution in [0.1, 0.15) is 22.8 Å². The van der Waals surface area contributed by atoms with Gasteiger partial charge in [0.25, 0.3) is 5.91 Å². The van der Waals surface area contributed by atoms with Crippen LogP contribution in [-0.2, 0) is 9.59 Å². The van der Waals surface area contributed by atoms with Crippen molar-refractivity contribution in [2.45, 2.75) is 6.92 Å². The molecular formula is C24H27N3O5. The van der Waals surface area contributed by atoms with Gasteiger partial charge in [0.15, 0.2) is 11.5 Å². The lowest BCUT2D eigenvalue weighted by Gasteiger charge is -2.32. The van der Waals surface area contributed by atoms with Crippen molar-refractivity contribution < 1.29 is 23.9 Å². The van der Waals surface area contributed by atoms with Crippen molar-refractivity contribution in [3.8, 4) is 11.5 Å². The highest BCUT2D eigenvalue weighted by molar-refractivity contribution is 6.02. The van der Waals surface area contributed by atoms with Gasteiger partial charge in [-0.15, -0.1) is 0 Å². The Bertz CT molecular complexity index is 1010. The topological polar surface area (TPSA) is 88.2 Å². The minimum absolute atomic E-state index is 0.00187. The number of carbonyl (C=O) groups excluding carboxylic acids is 3. The number of esters is 1. The summed E-state index contributed by atoms with van der Waals surface area (Å²) in [5.41, 5.74) is 1.90. The standard InChI is InChI=1S/C24H27N3O5/c1-17(28)32-21-10-4-18(16-22(21)31-3)5-11-23(29)25-20-8-6-19(7-9-20)24(30)27-14-12-26(2)13-15-27/h4-11,16H,12-15H2,1-3H3,(H,25,29)/b11-5+. The van der Waals surface area contributed by atoms with Crippen molar-refractivity contribution in [2.24, 2.45) is 0 Å². The molecule has 8 heteroatoms. The van der Waals surface area contributed by atoms with Crippen LogP contribution in [-0.4, -0.2) is 67.9 Å². The van der Waals surface area contributed by atoms with E-state index in [-0.39, 0.29) is 11.8 Å². The predicted octanol–water partition coefficient (Wildman–Crippen LogP) is 2.66. The molecule has 2 aromatic rings.